The second-order valence-corrected chi connectivity index (χ2v) is 9.04. The molecular weight excluding hydrogens is 641 g/mol. The number of carboxylic acids is 3. The summed E-state index contributed by atoms with van der Waals surface area (Å²) >= 11 is 0. The molecule has 0 amide bonds. The fourth-order valence-electron chi connectivity index (χ4n) is 3.25. The van der Waals surface area contributed by atoms with Crippen LogP contribution in [0.1, 0.15) is 55.2 Å². The van der Waals surface area contributed by atoms with Crippen LogP contribution in [0.3, 0.4) is 0 Å². The van der Waals surface area contributed by atoms with Gasteiger partial charge < -0.3 is 43.9 Å². The summed E-state index contributed by atoms with van der Waals surface area (Å²) in [6.45, 7) is 2.99. The van der Waals surface area contributed by atoms with Crippen molar-refractivity contribution >= 4 is 17.9 Å². The summed E-state index contributed by atoms with van der Waals surface area (Å²) in [4.78, 5) is 30.2. The van der Waals surface area contributed by atoms with Gasteiger partial charge in [0.1, 0.15) is 0 Å². The predicted octanol–water partition coefficient (Wildman–Crippen LogP) is 2.20. The quantitative estimate of drug-likeness (QED) is 0.146. The zero-order valence-electron chi connectivity index (χ0n) is 24.2. The first-order valence-corrected chi connectivity index (χ1v) is 13.8. The SMILES string of the molecule is O=C([O-])CCCOCc1ccccc1.O=C([O-])CCCOCc1ccccc1.O=C([O-])CCCOCc1ccccc1.[Ru+3]. The number of benzene rings is 3. The maximum atomic E-state index is 10.1. The maximum absolute atomic E-state index is 10.1. The van der Waals surface area contributed by atoms with Gasteiger partial charge in [-0.3, -0.25) is 0 Å². The van der Waals surface area contributed by atoms with E-state index >= 15 is 0 Å². The Kier molecular flexibility index (Phi) is 25.2. The Morgan fingerprint density at radius 3 is 0.884 bits per heavy atom. The van der Waals surface area contributed by atoms with E-state index in [1.165, 1.54) is 0 Å². The van der Waals surface area contributed by atoms with E-state index in [4.69, 9.17) is 14.2 Å². The smallest absolute Gasteiger partial charge is 0.550 e. The van der Waals surface area contributed by atoms with E-state index < -0.39 is 17.9 Å². The van der Waals surface area contributed by atoms with E-state index in [2.05, 4.69) is 0 Å². The minimum Gasteiger partial charge on any atom is -0.550 e. The zero-order valence-corrected chi connectivity index (χ0v) is 25.9. The van der Waals surface area contributed by atoms with E-state index in [0.29, 0.717) is 58.9 Å². The predicted molar refractivity (Wildman–Crippen MR) is 151 cm³/mol. The van der Waals surface area contributed by atoms with Crippen LogP contribution in [0.15, 0.2) is 91.0 Å². The van der Waals surface area contributed by atoms with Crippen LogP contribution in [0.2, 0.25) is 0 Å². The number of hydrogen-bond acceptors (Lipinski definition) is 9. The van der Waals surface area contributed by atoms with Crippen LogP contribution in [-0.2, 0) is 67.9 Å². The second kappa shape index (κ2) is 27.4. The molecule has 9 nitrogen and oxygen atoms in total. The van der Waals surface area contributed by atoms with Gasteiger partial charge in [0.15, 0.2) is 0 Å². The molecule has 0 bridgehead atoms. The molecule has 0 atom stereocenters. The fourth-order valence-corrected chi connectivity index (χ4v) is 3.25. The van der Waals surface area contributed by atoms with E-state index in [0.717, 1.165) is 16.7 Å². The largest absolute Gasteiger partial charge is 3.00 e. The van der Waals surface area contributed by atoms with Gasteiger partial charge in [-0.05, 0) is 55.2 Å². The van der Waals surface area contributed by atoms with Gasteiger partial charge in [-0.1, -0.05) is 91.0 Å². The number of carboxylic acid groups (broad SMARTS) is 3. The number of aliphatic carboxylic acids is 3. The Bertz CT molecular complexity index is 956. The molecular formula is C33H39O9Ru. The van der Waals surface area contributed by atoms with Crippen molar-refractivity contribution in [3.63, 3.8) is 0 Å². The first-order valence-electron chi connectivity index (χ1n) is 13.8. The summed E-state index contributed by atoms with van der Waals surface area (Å²) in [6, 6.07) is 29.3. The first kappa shape index (κ1) is 39.6. The van der Waals surface area contributed by atoms with Crippen molar-refractivity contribution in [2.75, 3.05) is 19.8 Å². The van der Waals surface area contributed by atoms with Gasteiger partial charge in [0.2, 0.25) is 0 Å². The molecule has 0 aliphatic heterocycles. The number of carbonyl (C=O) groups is 3. The van der Waals surface area contributed by atoms with Crippen molar-refractivity contribution in [1.82, 2.24) is 0 Å². The Morgan fingerprint density at radius 1 is 0.442 bits per heavy atom. The molecule has 43 heavy (non-hydrogen) atoms. The monoisotopic (exact) mass is 681 g/mol. The van der Waals surface area contributed by atoms with E-state index in [1.807, 2.05) is 91.0 Å². The van der Waals surface area contributed by atoms with Gasteiger partial charge in [0, 0.05) is 37.7 Å². The third-order valence-corrected chi connectivity index (χ3v) is 5.34. The summed E-state index contributed by atoms with van der Waals surface area (Å²) in [7, 11) is 0. The van der Waals surface area contributed by atoms with Crippen LogP contribution in [0, 0.1) is 0 Å². The van der Waals surface area contributed by atoms with E-state index in [1.54, 1.807) is 0 Å². The van der Waals surface area contributed by atoms with Crippen molar-refractivity contribution in [2.24, 2.45) is 0 Å². The molecule has 3 aromatic rings. The molecule has 0 aliphatic carbocycles. The minimum absolute atomic E-state index is 0. The summed E-state index contributed by atoms with van der Waals surface area (Å²) in [5.74, 6) is -3.06. The van der Waals surface area contributed by atoms with Crippen LogP contribution >= 0.6 is 0 Å². The third-order valence-electron chi connectivity index (χ3n) is 5.34. The van der Waals surface area contributed by atoms with E-state index in [-0.39, 0.29) is 38.7 Å². The molecule has 0 aliphatic rings. The van der Waals surface area contributed by atoms with E-state index in [9.17, 15) is 29.7 Å². The van der Waals surface area contributed by atoms with Gasteiger partial charge in [-0.15, -0.1) is 0 Å². The fraction of sp³-hybridized carbons (Fsp3) is 0.364. The summed E-state index contributed by atoms with van der Waals surface area (Å²) in [5.41, 5.74) is 3.29. The summed E-state index contributed by atoms with van der Waals surface area (Å²) in [5, 5.41) is 30.2. The number of carbonyl (C=O) groups excluding carboxylic acids is 3. The Balaban J connectivity index is 0.000000608. The minimum atomic E-state index is -1.02. The number of rotatable bonds is 18. The van der Waals surface area contributed by atoms with Crippen LogP contribution in [0.25, 0.3) is 0 Å². The van der Waals surface area contributed by atoms with Crippen molar-refractivity contribution < 1.29 is 63.4 Å². The van der Waals surface area contributed by atoms with Gasteiger partial charge in [-0.2, -0.15) is 0 Å². The molecule has 0 N–H and O–H groups in total. The molecule has 3 aromatic carbocycles. The average molecular weight is 681 g/mol. The normalized spacial score (nSPS) is 9.77. The molecule has 10 heteroatoms. The number of hydrogen-bond donors (Lipinski definition) is 0. The van der Waals surface area contributed by atoms with Crippen LogP contribution in [0.5, 0.6) is 0 Å². The van der Waals surface area contributed by atoms with Crippen molar-refractivity contribution in [3.05, 3.63) is 108 Å². The Hall–Kier alpha value is -3.43. The molecule has 1 radical (unpaired) electrons. The molecule has 0 saturated heterocycles. The zero-order chi connectivity index (χ0) is 30.7. The molecule has 233 valence electrons. The van der Waals surface area contributed by atoms with Crippen molar-refractivity contribution in [1.29, 1.82) is 0 Å². The van der Waals surface area contributed by atoms with Crippen LogP contribution in [-0.4, -0.2) is 37.7 Å². The molecule has 0 fully saturated rings. The topological polar surface area (TPSA) is 148 Å². The number of ether oxygens (including phenoxy) is 3. The molecule has 0 aromatic heterocycles. The molecule has 0 spiro atoms. The van der Waals surface area contributed by atoms with Crippen LogP contribution in [0.4, 0.5) is 0 Å². The molecule has 0 heterocycles. The van der Waals surface area contributed by atoms with Crippen molar-refractivity contribution in [2.45, 2.75) is 58.3 Å². The van der Waals surface area contributed by atoms with Crippen molar-refractivity contribution in [3.8, 4) is 0 Å². The molecule has 0 saturated carbocycles. The maximum Gasteiger partial charge on any atom is 3.00 e. The summed E-state index contributed by atoms with van der Waals surface area (Å²) in [6.07, 6.45) is 1.72. The first-order chi connectivity index (χ1) is 20.4. The van der Waals surface area contributed by atoms with Gasteiger partial charge in [0.25, 0.3) is 0 Å². The standard InChI is InChI=1S/3C11H14O3.Ru/c3*12-11(13)7-4-8-14-9-10-5-2-1-3-6-10;/h3*1-3,5-6H,4,7-9H2,(H,12,13);/q;;;+3/p-3. The average Bonchev–Trinajstić information content (AvgIpc) is 2.98. The van der Waals surface area contributed by atoms with Gasteiger partial charge in [0.05, 0.1) is 19.8 Å². The summed E-state index contributed by atoms with van der Waals surface area (Å²) < 4.78 is 15.8. The van der Waals surface area contributed by atoms with Gasteiger partial charge >= 0.3 is 19.5 Å². The second-order valence-electron chi connectivity index (χ2n) is 9.04. The van der Waals surface area contributed by atoms with Gasteiger partial charge in [-0.25, -0.2) is 0 Å². The molecule has 0 unspecified atom stereocenters. The van der Waals surface area contributed by atoms with Crippen LogP contribution < -0.4 is 15.3 Å². The Labute approximate surface area is 266 Å². The molecule has 3 rings (SSSR count). The third kappa shape index (κ3) is 26.0. The Morgan fingerprint density at radius 2 is 0.674 bits per heavy atom.